The third-order valence-electron chi connectivity index (χ3n) is 5.07. The summed E-state index contributed by atoms with van der Waals surface area (Å²) in [5.41, 5.74) is 2.75. The third kappa shape index (κ3) is 5.62. The average molecular weight is 429 g/mol. The molecule has 2 N–H and O–H groups in total. The van der Waals surface area contributed by atoms with Crippen LogP contribution in [0.2, 0.25) is 0 Å². The predicted octanol–water partition coefficient (Wildman–Crippen LogP) is 5.84. The van der Waals surface area contributed by atoms with Crippen molar-refractivity contribution in [1.82, 2.24) is 15.0 Å². The highest BCUT2D eigenvalue weighted by molar-refractivity contribution is 5.68. The summed E-state index contributed by atoms with van der Waals surface area (Å²) < 4.78 is 41.4. The molecule has 31 heavy (non-hydrogen) atoms. The van der Waals surface area contributed by atoms with Crippen LogP contribution in [0.5, 0.6) is 5.75 Å². The van der Waals surface area contributed by atoms with Crippen molar-refractivity contribution in [3.63, 3.8) is 0 Å². The Kier molecular flexibility index (Phi) is 5.92. The zero-order chi connectivity index (χ0) is 21.8. The Morgan fingerprint density at radius 2 is 1.87 bits per heavy atom. The molecule has 2 aromatic heterocycles. The third-order valence-corrected chi connectivity index (χ3v) is 5.07. The number of hydrogen-bond acceptors (Lipinski definition) is 6. The van der Waals surface area contributed by atoms with Crippen molar-refractivity contribution < 1.29 is 17.9 Å². The normalized spacial score (nSPS) is 14.5. The Bertz CT molecular complexity index is 1040. The second-order valence-corrected chi connectivity index (χ2v) is 7.48. The summed E-state index contributed by atoms with van der Waals surface area (Å²) in [4.78, 5) is 13.4. The molecule has 0 radical (unpaired) electrons. The fourth-order valence-electron chi connectivity index (χ4n) is 3.60. The van der Waals surface area contributed by atoms with E-state index in [0.717, 1.165) is 18.4 Å². The van der Waals surface area contributed by atoms with Crippen LogP contribution in [0.25, 0.3) is 11.3 Å². The van der Waals surface area contributed by atoms with E-state index in [-0.39, 0.29) is 5.75 Å². The van der Waals surface area contributed by atoms with Gasteiger partial charge in [0.15, 0.2) is 0 Å². The number of aromatic nitrogens is 3. The molecular weight excluding hydrogens is 407 g/mol. The van der Waals surface area contributed by atoms with E-state index in [2.05, 4.69) is 30.3 Å². The van der Waals surface area contributed by atoms with Gasteiger partial charge in [-0.15, -0.1) is 13.2 Å². The van der Waals surface area contributed by atoms with Crippen molar-refractivity contribution in [2.24, 2.45) is 0 Å². The molecular formula is C22H22F3N5O. The molecule has 4 rings (SSSR count). The van der Waals surface area contributed by atoms with Gasteiger partial charge in [-0.1, -0.05) is 12.8 Å². The average Bonchev–Trinajstić information content (AvgIpc) is 3.22. The van der Waals surface area contributed by atoms with Gasteiger partial charge in [-0.3, -0.25) is 4.98 Å². The number of hydrogen-bond donors (Lipinski definition) is 2. The number of aryl methyl sites for hydroxylation is 1. The Morgan fingerprint density at radius 3 is 2.55 bits per heavy atom. The maximum absolute atomic E-state index is 12.5. The molecule has 0 spiro atoms. The second kappa shape index (κ2) is 8.79. The number of rotatable bonds is 6. The minimum atomic E-state index is -4.73. The van der Waals surface area contributed by atoms with E-state index in [4.69, 9.17) is 0 Å². The van der Waals surface area contributed by atoms with Crippen LogP contribution < -0.4 is 15.4 Å². The summed E-state index contributed by atoms with van der Waals surface area (Å²) in [5.74, 6) is 0.769. The van der Waals surface area contributed by atoms with E-state index in [9.17, 15) is 13.2 Å². The van der Waals surface area contributed by atoms with E-state index in [1.165, 1.54) is 31.0 Å². The number of ether oxygens (including phenoxy) is 1. The fraction of sp³-hybridized carbons (Fsp3) is 0.318. The van der Waals surface area contributed by atoms with Crippen LogP contribution in [-0.4, -0.2) is 27.4 Å². The number of anilines is 3. The first kappa shape index (κ1) is 20.9. The Labute approximate surface area is 177 Å². The lowest BCUT2D eigenvalue weighted by molar-refractivity contribution is -0.274. The van der Waals surface area contributed by atoms with Crippen molar-refractivity contribution in [3.05, 3.63) is 54.4 Å². The van der Waals surface area contributed by atoms with Crippen LogP contribution in [0, 0.1) is 6.92 Å². The lowest BCUT2D eigenvalue weighted by atomic mass is 10.1. The largest absolute Gasteiger partial charge is 0.573 e. The van der Waals surface area contributed by atoms with E-state index in [0.29, 0.717) is 34.8 Å². The minimum absolute atomic E-state index is 0.266. The number of nitrogens with zero attached hydrogens (tertiary/aromatic N) is 3. The highest BCUT2D eigenvalue weighted by atomic mass is 19.4. The molecule has 0 aliphatic heterocycles. The first-order valence-electron chi connectivity index (χ1n) is 10.1. The fourth-order valence-corrected chi connectivity index (χ4v) is 3.60. The molecule has 0 saturated heterocycles. The van der Waals surface area contributed by atoms with E-state index >= 15 is 0 Å². The van der Waals surface area contributed by atoms with Gasteiger partial charge < -0.3 is 15.4 Å². The van der Waals surface area contributed by atoms with E-state index < -0.39 is 6.36 Å². The number of nitrogens with one attached hydrogen (secondary N) is 2. The quantitative estimate of drug-likeness (QED) is 0.513. The lowest BCUT2D eigenvalue weighted by Gasteiger charge is -2.16. The van der Waals surface area contributed by atoms with Crippen LogP contribution in [0.15, 0.2) is 48.8 Å². The van der Waals surface area contributed by atoms with Crippen LogP contribution in [0.1, 0.15) is 31.2 Å². The summed E-state index contributed by atoms with van der Waals surface area (Å²) in [6, 6.07) is 9.99. The number of alkyl halides is 3. The van der Waals surface area contributed by atoms with Gasteiger partial charge in [0, 0.05) is 35.8 Å². The second-order valence-electron chi connectivity index (χ2n) is 7.48. The van der Waals surface area contributed by atoms with Crippen molar-refractivity contribution in [2.45, 2.75) is 45.0 Å². The molecule has 1 fully saturated rings. The molecule has 9 heteroatoms. The Balaban J connectivity index is 1.62. The van der Waals surface area contributed by atoms with Crippen LogP contribution in [0.3, 0.4) is 0 Å². The highest BCUT2D eigenvalue weighted by Crippen LogP contribution is 2.30. The van der Waals surface area contributed by atoms with Crippen LogP contribution in [-0.2, 0) is 0 Å². The van der Waals surface area contributed by atoms with Gasteiger partial charge in [-0.2, -0.15) is 4.98 Å². The zero-order valence-electron chi connectivity index (χ0n) is 16.9. The molecule has 0 unspecified atom stereocenters. The molecule has 1 saturated carbocycles. The van der Waals surface area contributed by atoms with E-state index in [1.54, 1.807) is 25.4 Å². The number of halogens is 3. The molecule has 2 heterocycles. The minimum Gasteiger partial charge on any atom is -0.406 e. The summed E-state index contributed by atoms with van der Waals surface area (Å²) in [7, 11) is 0. The summed E-state index contributed by atoms with van der Waals surface area (Å²) in [6.45, 7) is 1.70. The first-order valence-corrected chi connectivity index (χ1v) is 10.1. The lowest BCUT2D eigenvalue weighted by Crippen LogP contribution is -2.17. The topological polar surface area (TPSA) is 72.0 Å². The van der Waals surface area contributed by atoms with Gasteiger partial charge in [0.05, 0.1) is 5.69 Å². The summed E-state index contributed by atoms with van der Waals surface area (Å²) in [5, 5.41) is 6.59. The highest BCUT2D eigenvalue weighted by Gasteiger charge is 2.31. The monoisotopic (exact) mass is 429 g/mol. The molecule has 1 aliphatic carbocycles. The maximum atomic E-state index is 12.5. The van der Waals surface area contributed by atoms with Gasteiger partial charge in [-0.25, -0.2) is 4.98 Å². The molecule has 0 atom stereocenters. The van der Waals surface area contributed by atoms with E-state index in [1.807, 2.05) is 12.1 Å². The van der Waals surface area contributed by atoms with Gasteiger partial charge in [0.2, 0.25) is 5.95 Å². The Hall–Kier alpha value is -3.36. The van der Waals surface area contributed by atoms with Crippen molar-refractivity contribution >= 4 is 17.5 Å². The summed E-state index contributed by atoms with van der Waals surface area (Å²) >= 11 is 0. The van der Waals surface area contributed by atoms with Gasteiger partial charge in [0.25, 0.3) is 0 Å². The molecule has 3 aromatic rings. The van der Waals surface area contributed by atoms with Crippen LogP contribution in [0.4, 0.5) is 30.6 Å². The van der Waals surface area contributed by atoms with Crippen molar-refractivity contribution in [1.29, 1.82) is 0 Å². The predicted molar refractivity (Wildman–Crippen MR) is 112 cm³/mol. The maximum Gasteiger partial charge on any atom is 0.573 e. The first-order chi connectivity index (χ1) is 14.9. The Morgan fingerprint density at radius 1 is 1.06 bits per heavy atom. The smallest absolute Gasteiger partial charge is 0.406 e. The van der Waals surface area contributed by atoms with Gasteiger partial charge in [-0.05, 0) is 55.7 Å². The molecule has 162 valence electrons. The molecule has 0 bridgehead atoms. The van der Waals surface area contributed by atoms with Gasteiger partial charge in [0.1, 0.15) is 11.6 Å². The molecule has 6 nitrogen and oxygen atoms in total. The number of benzene rings is 1. The number of pyridine rings is 1. The van der Waals surface area contributed by atoms with Crippen LogP contribution >= 0.6 is 0 Å². The summed E-state index contributed by atoms with van der Waals surface area (Å²) in [6.07, 6.45) is 3.18. The zero-order valence-corrected chi connectivity index (χ0v) is 16.9. The molecule has 1 aromatic carbocycles. The van der Waals surface area contributed by atoms with Crippen molar-refractivity contribution in [3.8, 4) is 17.0 Å². The standard InChI is InChI=1S/C22H22F3N5O/c1-14-11-17(31-22(23,24)25)8-9-18(14)28-20-12-19(15-5-4-10-26-13-15)29-21(30-20)27-16-6-2-3-7-16/h4-5,8-13,16H,2-3,6-7H2,1H3,(H2,27,28,29,30). The van der Waals surface area contributed by atoms with Crippen molar-refractivity contribution in [2.75, 3.05) is 10.6 Å². The molecule has 1 aliphatic rings. The SMILES string of the molecule is Cc1cc(OC(F)(F)F)ccc1Nc1cc(-c2cccnc2)nc(NC2CCCC2)n1. The molecule has 0 amide bonds. The van der Waals surface area contributed by atoms with Gasteiger partial charge >= 0.3 is 6.36 Å².